The Kier molecular flexibility index (Phi) is 11.0. The molecule has 0 aliphatic carbocycles. The predicted octanol–water partition coefficient (Wildman–Crippen LogP) is 6.00. The summed E-state index contributed by atoms with van der Waals surface area (Å²) >= 11 is -2.15. The number of hydrogen-bond acceptors (Lipinski definition) is 1. The first kappa shape index (κ1) is 18.1. The van der Waals surface area contributed by atoms with E-state index in [9.17, 15) is 5.11 Å². The zero-order valence-electron chi connectivity index (χ0n) is 12.7. The Morgan fingerprint density at radius 2 is 1.33 bits per heavy atom. The van der Waals surface area contributed by atoms with Crippen LogP contribution in [-0.2, 0) is 0 Å². The van der Waals surface area contributed by atoms with Crippen molar-refractivity contribution in [1.29, 1.82) is 0 Å². The van der Waals surface area contributed by atoms with Crippen molar-refractivity contribution in [3.05, 3.63) is 22.5 Å². The number of aliphatic hydroxyl groups excluding tert-OH is 1. The van der Waals surface area contributed by atoms with E-state index in [2.05, 4.69) is 31.4 Å². The first-order valence-corrected chi connectivity index (χ1v) is 15.4. The fourth-order valence-electron chi connectivity index (χ4n) is 2.48. The van der Waals surface area contributed by atoms with Gasteiger partial charge in [0.05, 0.1) is 0 Å². The molecule has 18 heavy (non-hydrogen) atoms. The van der Waals surface area contributed by atoms with Gasteiger partial charge in [-0.2, -0.15) is 0 Å². The molecule has 0 fully saturated rings. The van der Waals surface area contributed by atoms with E-state index in [-0.39, 0.29) is 5.76 Å². The monoisotopic (exact) mass is 360 g/mol. The third-order valence-electron chi connectivity index (χ3n) is 3.71. The van der Waals surface area contributed by atoms with Crippen molar-refractivity contribution in [3.63, 3.8) is 0 Å². The summed E-state index contributed by atoms with van der Waals surface area (Å²) in [6, 6.07) is 0. The van der Waals surface area contributed by atoms with Crippen LogP contribution in [0.5, 0.6) is 0 Å². The summed E-state index contributed by atoms with van der Waals surface area (Å²) < 4.78 is 6.80. The molecule has 0 heterocycles. The summed E-state index contributed by atoms with van der Waals surface area (Å²) in [6.45, 7) is 10.4. The summed E-state index contributed by atoms with van der Waals surface area (Å²) in [4.78, 5) is 0. The molecular weight excluding hydrogens is 327 g/mol. The normalized spacial score (nSPS) is 12.2. The zero-order valence-corrected chi connectivity index (χ0v) is 15.5. The fourth-order valence-corrected chi connectivity index (χ4v) is 16.7. The topological polar surface area (TPSA) is 20.2 Å². The molecule has 0 aromatic heterocycles. The van der Waals surface area contributed by atoms with Crippen LogP contribution >= 0.6 is 0 Å². The molecule has 2 heteroatoms. The molecule has 0 rings (SSSR count). The standard InChI is InChI=1S/C4H5O.3C4H9.Sn/c1-3-4(2)5;3*1-3-4-2;/h1,3,5H,2H2;3*1,3-4H2,2H3;. The molecular formula is C16H32OSn. The Labute approximate surface area is 118 Å². The van der Waals surface area contributed by atoms with E-state index in [4.69, 9.17) is 0 Å². The van der Waals surface area contributed by atoms with Crippen LogP contribution < -0.4 is 0 Å². The van der Waals surface area contributed by atoms with Crippen molar-refractivity contribution in [3.8, 4) is 0 Å². The maximum atomic E-state index is 9.34. The summed E-state index contributed by atoms with van der Waals surface area (Å²) in [5, 5.41) is 9.34. The molecule has 0 aliphatic rings. The van der Waals surface area contributed by atoms with Gasteiger partial charge in [0.15, 0.2) is 0 Å². The van der Waals surface area contributed by atoms with E-state index in [1.807, 2.05) is 6.08 Å². The predicted molar refractivity (Wildman–Crippen MR) is 85.8 cm³/mol. The minimum absolute atomic E-state index is 0.237. The molecule has 0 aromatic rings. The Morgan fingerprint density at radius 3 is 1.61 bits per heavy atom. The van der Waals surface area contributed by atoms with Gasteiger partial charge in [-0.05, 0) is 0 Å². The van der Waals surface area contributed by atoms with Gasteiger partial charge in [0.25, 0.3) is 0 Å². The van der Waals surface area contributed by atoms with Crippen molar-refractivity contribution in [2.24, 2.45) is 0 Å². The van der Waals surface area contributed by atoms with Gasteiger partial charge < -0.3 is 0 Å². The van der Waals surface area contributed by atoms with Crippen LogP contribution in [-0.4, -0.2) is 23.5 Å². The second kappa shape index (κ2) is 11.0. The van der Waals surface area contributed by atoms with Gasteiger partial charge in [0.2, 0.25) is 0 Å². The van der Waals surface area contributed by atoms with E-state index in [1.165, 1.54) is 51.8 Å². The summed E-state index contributed by atoms with van der Waals surface area (Å²) in [6.07, 6.45) is 9.89. The van der Waals surface area contributed by atoms with Crippen LogP contribution in [0.15, 0.2) is 22.5 Å². The Bertz CT molecular complexity index is 224. The van der Waals surface area contributed by atoms with Gasteiger partial charge in [0.1, 0.15) is 0 Å². The average Bonchev–Trinajstić information content (AvgIpc) is 2.37. The molecule has 0 amide bonds. The first-order valence-electron chi connectivity index (χ1n) is 7.67. The number of aliphatic hydroxyl groups is 1. The number of allylic oxidation sites excluding steroid dienone is 1. The number of rotatable bonds is 11. The van der Waals surface area contributed by atoms with Crippen molar-refractivity contribution in [2.45, 2.75) is 72.6 Å². The van der Waals surface area contributed by atoms with Crippen LogP contribution in [0.25, 0.3) is 0 Å². The van der Waals surface area contributed by atoms with Crippen molar-refractivity contribution in [1.82, 2.24) is 0 Å². The SMILES string of the molecule is C=C(O)/C=[CH]/[Sn]([CH2]CCC)([CH2]CCC)[CH2]CCC. The molecule has 1 N–H and O–H groups in total. The third kappa shape index (κ3) is 8.23. The van der Waals surface area contributed by atoms with E-state index < -0.39 is 18.4 Å². The van der Waals surface area contributed by atoms with Crippen LogP contribution in [0.3, 0.4) is 0 Å². The summed E-state index contributed by atoms with van der Waals surface area (Å²) in [5.74, 6) is 0.237. The van der Waals surface area contributed by atoms with E-state index in [0.717, 1.165) is 0 Å². The molecule has 0 atom stereocenters. The Balaban J connectivity index is 4.78. The van der Waals surface area contributed by atoms with E-state index in [0.29, 0.717) is 0 Å². The zero-order chi connectivity index (χ0) is 13.9. The molecule has 0 aromatic carbocycles. The molecule has 0 unspecified atom stereocenters. The van der Waals surface area contributed by atoms with Crippen molar-refractivity contribution in [2.75, 3.05) is 0 Å². The van der Waals surface area contributed by atoms with Crippen LogP contribution in [0.2, 0.25) is 13.3 Å². The van der Waals surface area contributed by atoms with Gasteiger partial charge >= 0.3 is 119 Å². The Morgan fingerprint density at radius 1 is 0.944 bits per heavy atom. The molecule has 0 aliphatic heterocycles. The molecule has 106 valence electrons. The average molecular weight is 359 g/mol. The van der Waals surface area contributed by atoms with Gasteiger partial charge in [-0.25, -0.2) is 0 Å². The first-order chi connectivity index (χ1) is 8.60. The van der Waals surface area contributed by atoms with Gasteiger partial charge in [-0.1, -0.05) is 0 Å². The molecule has 0 radical (unpaired) electrons. The van der Waals surface area contributed by atoms with E-state index >= 15 is 0 Å². The second-order valence-corrected chi connectivity index (χ2v) is 18.5. The fraction of sp³-hybridized carbons (Fsp3) is 0.750. The van der Waals surface area contributed by atoms with Gasteiger partial charge in [-0.3, -0.25) is 0 Å². The quantitative estimate of drug-likeness (QED) is 0.272. The number of unbranched alkanes of at least 4 members (excludes halogenated alkanes) is 3. The number of hydrogen-bond donors (Lipinski definition) is 1. The second-order valence-electron chi connectivity index (χ2n) is 5.50. The van der Waals surface area contributed by atoms with Crippen molar-refractivity contribution >= 4 is 18.4 Å². The summed E-state index contributed by atoms with van der Waals surface area (Å²) in [5.41, 5.74) is 0. The molecule has 1 nitrogen and oxygen atoms in total. The molecule has 0 saturated carbocycles. The summed E-state index contributed by atoms with van der Waals surface area (Å²) in [7, 11) is 0. The molecule has 0 saturated heterocycles. The van der Waals surface area contributed by atoms with Crippen LogP contribution in [0.4, 0.5) is 0 Å². The minimum atomic E-state index is -2.15. The Hall–Kier alpha value is 0.0787. The van der Waals surface area contributed by atoms with Crippen LogP contribution in [0, 0.1) is 0 Å². The van der Waals surface area contributed by atoms with E-state index in [1.54, 1.807) is 0 Å². The maximum absolute atomic E-state index is 9.34. The van der Waals surface area contributed by atoms with Crippen LogP contribution in [0.1, 0.15) is 59.3 Å². The van der Waals surface area contributed by atoms with Crippen molar-refractivity contribution < 1.29 is 5.11 Å². The molecule has 0 spiro atoms. The van der Waals surface area contributed by atoms with Gasteiger partial charge in [-0.15, -0.1) is 0 Å². The van der Waals surface area contributed by atoms with Gasteiger partial charge in [0, 0.05) is 0 Å². The molecule has 0 bridgehead atoms. The third-order valence-corrected chi connectivity index (χ3v) is 17.8.